The van der Waals surface area contributed by atoms with Gasteiger partial charge in [0.15, 0.2) is 0 Å². The Morgan fingerprint density at radius 1 is 0.837 bits per heavy atom. The molecule has 8 N–H and O–H groups in total. The Hall–Kier alpha value is -3.80. The molecule has 2 aliphatic heterocycles. The first kappa shape index (κ1) is 33.7. The van der Waals surface area contributed by atoms with Gasteiger partial charge >= 0.3 is 0 Å². The normalized spacial score (nSPS) is 19.8. The number of hydrogen-bond acceptors (Lipinski definition) is 7. The van der Waals surface area contributed by atoms with E-state index < -0.39 is 24.1 Å². The van der Waals surface area contributed by atoms with Crippen LogP contribution < -0.4 is 32.3 Å². The maximum Gasteiger partial charge on any atom is 0.243 e. The van der Waals surface area contributed by atoms with Gasteiger partial charge in [-0.15, -0.1) is 0 Å². The molecule has 2 aliphatic rings. The number of carbonyl (C=O) groups is 4. The molecule has 2 fully saturated rings. The van der Waals surface area contributed by atoms with Crippen LogP contribution in [-0.4, -0.2) is 66.5 Å². The van der Waals surface area contributed by atoms with Gasteiger partial charge in [-0.1, -0.05) is 74.5 Å². The minimum Gasteiger partial charge on any atom is -0.386 e. The second kappa shape index (κ2) is 17.3. The van der Waals surface area contributed by atoms with Gasteiger partial charge in [0.1, 0.15) is 12.1 Å². The van der Waals surface area contributed by atoms with Gasteiger partial charge in [-0.05, 0) is 62.2 Å². The van der Waals surface area contributed by atoms with Crippen LogP contribution in [0.2, 0.25) is 0 Å². The van der Waals surface area contributed by atoms with Crippen LogP contribution in [0.3, 0.4) is 0 Å². The predicted molar refractivity (Wildman–Crippen MR) is 164 cm³/mol. The fourth-order valence-electron chi connectivity index (χ4n) is 5.19. The van der Waals surface area contributed by atoms with E-state index in [2.05, 4.69) is 26.6 Å². The summed E-state index contributed by atoms with van der Waals surface area (Å²) in [4.78, 5) is 47.2. The third-order valence-corrected chi connectivity index (χ3v) is 7.44. The third-order valence-electron chi connectivity index (χ3n) is 7.44. The van der Waals surface area contributed by atoms with Crippen molar-refractivity contribution in [1.29, 1.82) is 0 Å². The summed E-state index contributed by atoms with van der Waals surface area (Å²) in [6.07, 6.45) is 3.32. The van der Waals surface area contributed by atoms with E-state index in [-0.39, 0.29) is 42.3 Å². The van der Waals surface area contributed by atoms with E-state index in [1.165, 1.54) is 0 Å². The number of aliphatic hydroxyl groups is 1. The van der Waals surface area contributed by atoms with Crippen LogP contribution in [0.15, 0.2) is 60.7 Å². The fourth-order valence-corrected chi connectivity index (χ4v) is 5.19. The molecular formula is C32H46N6O5. The summed E-state index contributed by atoms with van der Waals surface area (Å²) in [7, 11) is 0. The zero-order valence-corrected chi connectivity index (χ0v) is 25.1. The lowest BCUT2D eigenvalue weighted by Crippen LogP contribution is -2.52. The fraction of sp³-hybridized carbons (Fsp3) is 0.500. The number of benzene rings is 2. The van der Waals surface area contributed by atoms with Gasteiger partial charge < -0.3 is 37.4 Å². The van der Waals surface area contributed by atoms with Gasteiger partial charge in [0.05, 0.1) is 24.7 Å². The number of rotatable bonds is 12. The van der Waals surface area contributed by atoms with Crippen LogP contribution in [0, 0.1) is 5.92 Å². The molecule has 2 aromatic rings. The van der Waals surface area contributed by atoms with Crippen molar-refractivity contribution < 1.29 is 24.3 Å². The van der Waals surface area contributed by atoms with E-state index >= 15 is 0 Å². The Bertz CT molecular complexity index is 1170. The van der Waals surface area contributed by atoms with Crippen LogP contribution in [0.4, 0.5) is 0 Å². The largest absolute Gasteiger partial charge is 0.386 e. The van der Waals surface area contributed by atoms with Crippen molar-refractivity contribution in [3.8, 4) is 0 Å². The monoisotopic (exact) mass is 594 g/mol. The van der Waals surface area contributed by atoms with Crippen LogP contribution in [0.1, 0.15) is 69.2 Å². The van der Waals surface area contributed by atoms with E-state index in [0.717, 1.165) is 49.9 Å². The Balaban J connectivity index is 0.000000238. The molecular weight excluding hydrogens is 548 g/mol. The van der Waals surface area contributed by atoms with Crippen LogP contribution in [0.25, 0.3) is 0 Å². The van der Waals surface area contributed by atoms with Crippen LogP contribution in [0.5, 0.6) is 0 Å². The van der Waals surface area contributed by atoms with Crippen molar-refractivity contribution in [3.63, 3.8) is 0 Å². The van der Waals surface area contributed by atoms with Gasteiger partial charge in [0, 0.05) is 0 Å². The molecule has 0 aromatic heterocycles. The molecule has 2 saturated heterocycles. The van der Waals surface area contributed by atoms with E-state index in [1.54, 1.807) is 0 Å². The van der Waals surface area contributed by atoms with Gasteiger partial charge in [-0.3, -0.25) is 19.2 Å². The Morgan fingerprint density at radius 2 is 1.35 bits per heavy atom. The van der Waals surface area contributed by atoms with Crippen molar-refractivity contribution in [2.24, 2.45) is 11.7 Å². The Morgan fingerprint density at radius 3 is 1.81 bits per heavy atom. The second-order valence-electron chi connectivity index (χ2n) is 11.4. The number of aliphatic hydroxyl groups excluding tert-OH is 1. The van der Waals surface area contributed by atoms with Crippen molar-refractivity contribution in [3.05, 3.63) is 71.8 Å². The highest BCUT2D eigenvalue weighted by atomic mass is 16.3. The SMILES string of the molecule is CC(C)C[C@H](NC(=O)C1CCCN1)C(=O)NCC(N)=O.O=C(N[C@@H](c1ccccc1)[C@@H](O)c1ccccc1)[C@@H]1CCCN1. The number of carbonyl (C=O) groups excluding carboxylic acids is 4. The van der Waals surface area contributed by atoms with Gasteiger partial charge in [-0.25, -0.2) is 0 Å². The number of amides is 4. The highest BCUT2D eigenvalue weighted by Gasteiger charge is 2.30. The molecule has 43 heavy (non-hydrogen) atoms. The summed E-state index contributed by atoms with van der Waals surface area (Å²) in [6.45, 7) is 5.41. The maximum atomic E-state index is 12.5. The number of nitrogens with one attached hydrogen (secondary N) is 5. The molecule has 2 heterocycles. The maximum absolute atomic E-state index is 12.5. The molecule has 2 aromatic carbocycles. The van der Waals surface area contributed by atoms with E-state index in [1.807, 2.05) is 74.5 Å². The molecule has 1 unspecified atom stereocenters. The lowest BCUT2D eigenvalue weighted by molar-refractivity contribution is -0.131. The van der Waals surface area contributed by atoms with Crippen molar-refractivity contribution >= 4 is 23.6 Å². The summed E-state index contributed by atoms with van der Waals surface area (Å²) in [5, 5.41) is 25.3. The average Bonchev–Trinajstić information content (AvgIpc) is 3.74. The van der Waals surface area contributed by atoms with E-state index in [0.29, 0.717) is 6.42 Å². The molecule has 0 aliphatic carbocycles. The zero-order chi connectivity index (χ0) is 31.2. The first-order valence-corrected chi connectivity index (χ1v) is 15.1. The number of primary amides is 1. The minimum atomic E-state index is -0.788. The number of hydrogen-bond donors (Lipinski definition) is 7. The lowest BCUT2D eigenvalue weighted by Gasteiger charge is -2.26. The van der Waals surface area contributed by atoms with Gasteiger partial charge in [0.25, 0.3) is 0 Å². The molecule has 0 radical (unpaired) electrons. The molecule has 11 nitrogen and oxygen atoms in total. The summed E-state index contributed by atoms with van der Waals surface area (Å²) >= 11 is 0. The predicted octanol–water partition coefficient (Wildman–Crippen LogP) is 1.20. The van der Waals surface area contributed by atoms with Crippen LogP contribution >= 0.6 is 0 Å². The molecule has 4 amide bonds. The summed E-state index contributed by atoms with van der Waals surface area (Å²) < 4.78 is 0. The third kappa shape index (κ3) is 11.1. The summed E-state index contributed by atoms with van der Waals surface area (Å²) in [5.74, 6) is -0.945. The highest BCUT2D eigenvalue weighted by molar-refractivity contribution is 5.91. The first-order valence-electron chi connectivity index (χ1n) is 15.1. The molecule has 234 valence electrons. The molecule has 0 saturated carbocycles. The van der Waals surface area contributed by atoms with Crippen molar-refractivity contribution in [2.45, 2.75) is 76.2 Å². The molecule has 0 bridgehead atoms. The van der Waals surface area contributed by atoms with Crippen molar-refractivity contribution in [2.75, 3.05) is 19.6 Å². The molecule has 11 heteroatoms. The Labute approximate surface area is 253 Å². The minimum absolute atomic E-state index is 0.0497. The molecule has 5 atom stereocenters. The van der Waals surface area contributed by atoms with E-state index in [9.17, 15) is 24.3 Å². The zero-order valence-electron chi connectivity index (χ0n) is 25.1. The average molecular weight is 595 g/mol. The molecule has 0 spiro atoms. The van der Waals surface area contributed by atoms with Gasteiger partial charge in [0.2, 0.25) is 23.6 Å². The standard InChI is InChI=1S/C19H22N2O2.C13H24N4O3/c22-18(15-10-5-2-6-11-15)17(14-8-3-1-4-9-14)21-19(23)16-12-7-13-20-16;1-8(2)6-10(12(19)16-7-11(14)18)17-13(20)9-4-3-5-15-9/h1-6,8-11,16-18,20,22H,7,12-13H2,(H,21,23);8-10,15H,3-7H2,1-2H3,(H2,14,18)(H,16,19)(H,17,20)/t16-,17-,18-;9?,10-/m00/s1. The molecule has 4 rings (SSSR count). The lowest BCUT2D eigenvalue weighted by atomic mass is 9.95. The number of nitrogens with two attached hydrogens (primary N) is 1. The quantitative estimate of drug-likeness (QED) is 0.193. The Kier molecular flexibility index (Phi) is 13.6. The summed E-state index contributed by atoms with van der Waals surface area (Å²) in [5.41, 5.74) is 6.68. The van der Waals surface area contributed by atoms with E-state index in [4.69, 9.17) is 5.73 Å². The topological polar surface area (TPSA) is 175 Å². The smallest absolute Gasteiger partial charge is 0.243 e. The van der Waals surface area contributed by atoms with Crippen molar-refractivity contribution in [1.82, 2.24) is 26.6 Å². The highest BCUT2D eigenvalue weighted by Crippen LogP contribution is 2.29. The first-order chi connectivity index (χ1) is 20.7. The van der Waals surface area contributed by atoms with Gasteiger partial charge in [-0.2, -0.15) is 0 Å². The van der Waals surface area contributed by atoms with Crippen LogP contribution in [-0.2, 0) is 19.2 Å². The second-order valence-corrected chi connectivity index (χ2v) is 11.4. The summed E-state index contributed by atoms with van der Waals surface area (Å²) in [6, 6.07) is 17.6.